The lowest BCUT2D eigenvalue weighted by Gasteiger charge is -2.43. The summed E-state index contributed by atoms with van der Waals surface area (Å²) < 4.78 is 32.7. The van der Waals surface area contributed by atoms with Crippen molar-refractivity contribution in [3.63, 3.8) is 0 Å². The van der Waals surface area contributed by atoms with Crippen molar-refractivity contribution in [2.24, 2.45) is 0 Å². The Morgan fingerprint density at radius 3 is 2.50 bits per heavy atom. The van der Waals surface area contributed by atoms with Gasteiger partial charge in [0.2, 0.25) is 5.79 Å². The van der Waals surface area contributed by atoms with E-state index in [-0.39, 0.29) is 0 Å². The van der Waals surface area contributed by atoms with Crippen molar-refractivity contribution in [3.8, 4) is 0 Å². The summed E-state index contributed by atoms with van der Waals surface area (Å²) in [5.74, 6) is -1.21. The van der Waals surface area contributed by atoms with Gasteiger partial charge in [0.25, 0.3) is 0 Å². The number of fused-ring (bicyclic) bond motifs is 3. The number of rotatable bonds is 0. The van der Waals surface area contributed by atoms with Crippen molar-refractivity contribution >= 4 is 16.1 Å². The van der Waals surface area contributed by atoms with Crippen LogP contribution in [0.2, 0.25) is 0 Å². The fourth-order valence-corrected chi connectivity index (χ4v) is 4.56. The maximum atomic E-state index is 11.3. The maximum absolute atomic E-state index is 11.3. The molecule has 2 heterocycles. The van der Waals surface area contributed by atoms with Gasteiger partial charge in [0, 0.05) is 17.8 Å². The van der Waals surface area contributed by atoms with Gasteiger partial charge >= 0.3 is 10.4 Å². The summed E-state index contributed by atoms with van der Waals surface area (Å²) in [6.45, 7) is 0. The summed E-state index contributed by atoms with van der Waals surface area (Å²) in [6.07, 6.45) is 6.14. The molecule has 7 heteroatoms. The Hall–Kier alpha value is -1.18. The van der Waals surface area contributed by atoms with Crippen LogP contribution in [0.4, 0.5) is 5.69 Å². The second kappa shape index (κ2) is 3.93. The Morgan fingerprint density at radius 2 is 1.75 bits per heavy atom. The van der Waals surface area contributed by atoms with E-state index in [1.165, 1.54) is 0 Å². The number of nitrogens with two attached hydrogens (primary N) is 1. The molecule has 1 spiro atoms. The summed E-state index contributed by atoms with van der Waals surface area (Å²) >= 11 is 0. The molecular weight excluding hydrogens is 280 g/mol. The first-order valence-electron chi connectivity index (χ1n) is 6.98. The number of hydrogen-bond donors (Lipinski definition) is 1. The SMILES string of the molecule is Nc1c2c(nc3c1C1(CCC3)OS(=O)(=O)O1)CCCC2. The first-order valence-corrected chi connectivity index (χ1v) is 8.31. The number of anilines is 1. The Morgan fingerprint density at radius 1 is 1.05 bits per heavy atom. The highest BCUT2D eigenvalue weighted by molar-refractivity contribution is 7.82. The quantitative estimate of drug-likeness (QED) is 0.776. The lowest BCUT2D eigenvalue weighted by molar-refractivity contribution is -0.204. The molecule has 1 aromatic rings. The molecule has 1 aliphatic heterocycles. The van der Waals surface area contributed by atoms with Gasteiger partial charge in [0.05, 0.1) is 11.3 Å². The summed E-state index contributed by atoms with van der Waals surface area (Å²) in [5.41, 5.74) is 10.5. The van der Waals surface area contributed by atoms with E-state index in [2.05, 4.69) is 0 Å². The van der Waals surface area contributed by atoms with Crippen LogP contribution in [0, 0.1) is 0 Å². The zero-order valence-corrected chi connectivity index (χ0v) is 11.8. The van der Waals surface area contributed by atoms with Gasteiger partial charge in [-0.1, -0.05) is 0 Å². The van der Waals surface area contributed by atoms with Crippen LogP contribution in [0.5, 0.6) is 0 Å². The van der Waals surface area contributed by atoms with Crippen LogP contribution in [0.3, 0.4) is 0 Å². The number of pyridine rings is 1. The molecule has 0 radical (unpaired) electrons. The zero-order valence-electron chi connectivity index (χ0n) is 11.0. The first kappa shape index (κ1) is 12.6. The lowest BCUT2D eigenvalue weighted by Crippen LogP contribution is -2.50. The van der Waals surface area contributed by atoms with Gasteiger partial charge in [-0.25, -0.2) is 8.37 Å². The molecule has 108 valence electrons. The van der Waals surface area contributed by atoms with Crippen molar-refractivity contribution in [1.82, 2.24) is 4.98 Å². The number of hydrogen-bond acceptors (Lipinski definition) is 6. The number of aromatic nitrogens is 1. The fraction of sp³-hybridized carbons (Fsp3) is 0.615. The minimum atomic E-state index is -3.85. The number of aryl methyl sites for hydroxylation is 2. The van der Waals surface area contributed by atoms with Crippen molar-refractivity contribution in [2.45, 2.75) is 50.7 Å². The summed E-state index contributed by atoms with van der Waals surface area (Å²) in [5, 5.41) is 0. The maximum Gasteiger partial charge on any atom is 0.405 e. The van der Waals surface area contributed by atoms with Crippen LogP contribution in [0.25, 0.3) is 0 Å². The summed E-state index contributed by atoms with van der Waals surface area (Å²) in [7, 11) is -3.85. The van der Waals surface area contributed by atoms with E-state index in [1.807, 2.05) is 0 Å². The smallest absolute Gasteiger partial charge is 0.398 e. The Labute approximate surface area is 117 Å². The van der Waals surface area contributed by atoms with Crippen LogP contribution < -0.4 is 5.73 Å². The molecule has 2 N–H and O–H groups in total. The third-order valence-electron chi connectivity index (χ3n) is 4.37. The Bertz CT molecular complexity index is 687. The number of nitrogens with zero attached hydrogens (tertiary/aromatic N) is 1. The molecular formula is C13H16N2O4S. The van der Waals surface area contributed by atoms with Gasteiger partial charge in [-0.2, -0.15) is 8.42 Å². The molecule has 0 aromatic carbocycles. The second-order valence-electron chi connectivity index (χ2n) is 5.66. The molecule has 0 saturated carbocycles. The minimum absolute atomic E-state index is 0.504. The van der Waals surface area contributed by atoms with Gasteiger partial charge in [-0.05, 0) is 44.1 Å². The van der Waals surface area contributed by atoms with Crippen LogP contribution in [-0.2, 0) is 43.8 Å². The molecule has 0 bridgehead atoms. The minimum Gasteiger partial charge on any atom is -0.398 e. The third-order valence-corrected chi connectivity index (χ3v) is 5.31. The molecule has 3 aliphatic rings. The molecule has 1 aromatic heterocycles. The molecule has 0 unspecified atom stereocenters. The number of nitrogen functional groups attached to an aromatic ring is 1. The van der Waals surface area contributed by atoms with E-state index in [9.17, 15) is 8.42 Å². The van der Waals surface area contributed by atoms with Crippen LogP contribution >= 0.6 is 0 Å². The fourth-order valence-electron chi connectivity index (χ4n) is 3.55. The molecule has 0 amide bonds. The predicted molar refractivity (Wildman–Crippen MR) is 71.0 cm³/mol. The average molecular weight is 296 g/mol. The molecule has 0 atom stereocenters. The molecule has 20 heavy (non-hydrogen) atoms. The van der Waals surface area contributed by atoms with E-state index >= 15 is 0 Å². The Balaban J connectivity index is 1.90. The van der Waals surface area contributed by atoms with Crippen molar-refractivity contribution in [2.75, 3.05) is 5.73 Å². The largest absolute Gasteiger partial charge is 0.405 e. The highest BCUT2D eigenvalue weighted by atomic mass is 32.3. The highest BCUT2D eigenvalue weighted by Gasteiger charge is 2.57. The van der Waals surface area contributed by atoms with Gasteiger partial charge < -0.3 is 5.73 Å². The van der Waals surface area contributed by atoms with E-state index in [4.69, 9.17) is 19.1 Å². The Kier molecular flexibility index (Phi) is 2.47. The second-order valence-corrected chi connectivity index (χ2v) is 6.81. The highest BCUT2D eigenvalue weighted by Crippen LogP contribution is 2.51. The molecule has 1 saturated heterocycles. The van der Waals surface area contributed by atoms with Crippen molar-refractivity contribution in [3.05, 3.63) is 22.5 Å². The van der Waals surface area contributed by atoms with Crippen LogP contribution in [-0.4, -0.2) is 13.4 Å². The van der Waals surface area contributed by atoms with E-state index in [0.29, 0.717) is 17.7 Å². The topological polar surface area (TPSA) is 91.5 Å². The standard InChI is InChI=1S/C13H16N2O4S/c14-12-8-4-1-2-5-9(8)15-10-6-3-7-13(11(10)12)18-20(16,17)19-13/h1-7H2,(H2,14,15). The van der Waals surface area contributed by atoms with Crippen LogP contribution in [0.1, 0.15) is 48.2 Å². The lowest BCUT2D eigenvalue weighted by atomic mass is 9.84. The summed E-state index contributed by atoms with van der Waals surface area (Å²) in [6, 6.07) is 0. The summed E-state index contributed by atoms with van der Waals surface area (Å²) in [4.78, 5) is 4.70. The average Bonchev–Trinajstić information content (AvgIpc) is 2.36. The zero-order chi connectivity index (χ0) is 14.0. The normalized spacial score (nSPS) is 25.6. The van der Waals surface area contributed by atoms with E-state index < -0.39 is 16.2 Å². The predicted octanol–water partition coefficient (Wildman–Crippen LogP) is 1.32. The first-order chi connectivity index (χ1) is 9.51. The molecule has 4 rings (SSSR count). The van der Waals surface area contributed by atoms with Crippen molar-refractivity contribution in [1.29, 1.82) is 0 Å². The molecule has 1 fully saturated rings. The van der Waals surface area contributed by atoms with Gasteiger partial charge in [0.1, 0.15) is 0 Å². The van der Waals surface area contributed by atoms with Crippen molar-refractivity contribution < 1.29 is 16.8 Å². The molecule has 6 nitrogen and oxygen atoms in total. The van der Waals surface area contributed by atoms with Gasteiger partial charge in [-0.3, -0.25) is 4.98 Å². The van der Waals surface area contributed by atoms with Gasteiger partial charge in [-0.15, -0.1) is 0 Å². The van der Waals surface area contributed by atoms with Crippen LogP contribution in [0.15, 0.2) is 0 Å². The third kappa shape index (κ3) is 1.63. The monoisotopic (exact) mass is 296 g/mol. The van der Waals surface area contributed by atoms with Gasteiger partial charge in [0.15, 0.2) is 0 Å². The molecule has 2 aliphatic carbocycles. The van der Waals surface area contributed by atoms with E-state index in [1.54, 1.807) is 0 Å². The van der Waals surface area contributed by atoms with E-state index in [0.717, 1.165) is 55.5 Å².